The van der Waals surface area contributed by atoms with Crippen molar-refractivity contribution in [3.63, 3.8) is 0 Å². The van der Waals surface area contributed by atoms with Crippen molar-refractivity contribution in [2.24, 2.45) is 0 Å². The van der Waals surface area contributed by atoms with E-state index in [1.54, 1.807) is 6.07 Å². The van der Waals surface area contributed by atoms with Crippen LogP contribution in [0, 0.1) is 17.5 Å². The minimum Gasteiger partial charge on any atom is -0.305 e. The molecule has 0 aliphatic heterocycles. The van der Waals surface area contributed by atoms with Crippen LogP contribution in [0.25, 0.3) is 0 Å². The van der Waals surface area contributed by atoms with Crippen LogP contribution in [0.5, 0.6) is 0 Å². The summed E-state index contributed by atoms with van der Waals surface area (Å²) >= 11 is 0. The van der Waals surface area contributed by atoms with E-state index in [-0.39, 0.29) is 17.3 Å². The standard InChI is InChI=1S/C13H12F3N3O/c1-6(2)10-5-11(19-18-10)17-13(20)7-3-8(14)12(16)9(15)4-7/h3-6H,1-2H3,(H2,17,18,19,20). The van der Waals surface area contributed by atoms with Crippen molar-refractivity contribution in [1.82, 2.24) is 10.2 Å². The monoisotopic (exact) mass is 283 g/mol. The number of anilines is 1. The van der Waals surface area contributed by atoms with Crippen molar-refractivity contribution in [3.05, 3.63) is 46.9 Å². The first kappa shape index (κ1) is 14.1. The number of halogens is 3. The second-order valence-electron chi connectivity index (χ2n) is 4.57. The Morgan fingerprint density at radius 1 is 1.20 bits per heavy atom. The van der Waals surface area contributed by atoms with E-state index < -0.39 is 23.4 Å². The number of hydrogen-bond acceptors (Lipinski definition) is 2. The highest BCUT2D eigenvalue weighted by atomic mass is 19.2. The van der Waals surface area contributed by atoms with E-state index >= 15 is 0 Å². The molecule has 2 rings (SSSR count). The maximum absolute atomic E-state index is 13.0. The lowest BCUT2D eigenvalue weighted by Gasteiger charge is -2.03. The third-order valence-electron chi connectivity index (χ3n) is 2.71. The van der Waals surface area contributed by atoms with Gasteiger partial charge in [-0.05, 0) is 18.1 Å². The molecule has 0 spiro atoms. The molecule has 2 aromatic rings. The maximum Gasteiger partial charge on any atom is 0.257 e. The molecule has 2 N–H and O–H groups in total. The average molecular weight is 283 g/mol. The third-order valence-corrected chi connectivity index (χ3v) is 2.71. The molecule has 7 heteroatoms. The van der Waals surface area contributed by atoms with Gasteiger partial charge in [0.1, 0.15) is 0 Å². The number of nitrogens with zero attached hydrogens (tertiary/aromatic N) is 1. The number of H-pyrrole nitrogens is 1. The van der Waals surface area contributed by atoms with Crippen molar-refractivity contribution >= 4 is 11.7 Å². The van der Waals surface area contributed by atoms with Gasteiger partial charge in [0.2, 0.25) is 0 Å². The van der Waals surface area contributed by atoms with Crippen molar-refractivity contribution in [1.29, 1.82) is 0 Å². The van der Waals surface area contributed by atoms with Crippen LogP contribution in [-0.2, 0) is 0 Å². The lowest BCUT2D eigenvalue weighted by atomic mass is 10.1. The molecule has 1 heterocycles. The highest BCUT2D eigenvalue weighted by Crippen LogP contribution is 2.17. The maximum atomic E-state index is 13.0. The van der Waals surface area contributed by atoms with Gasteiger partial charge in [0, 0.05) is 17.3 Å². The second-order valence-corrected chi connectivity index (χ2v) is 4.57. The van der Waals surface area contributed by atoms with Gasteiger partial charge in [0.25, 0.3) is 5.91 Å². The van der Waals surface area contributed by atoms with Crippen LogP contribution in [0.2, 0.25) is 0 Å². The average Bonchev–Trinajstić information content (AvgIpc) is 2.84. The molecule has 0 saturated heterocycles. The first-order valence-corrected chi connectivity index (χ1v) is 5.89. The molecule has 0 radical (unpaired) electrons. The number of rotatable bonds is 3. The van der Waals surface area contributed by atoms with E-state index in [2.05, 4.69) is 15.5 Å². The predicted molar refractivity (Wildman–Crippen MR) is 66.9 cm³/mol. The smallest absolute Gasteiger partial charge is 0.257 e. The second kappa shape index (κ2) is 5.36. The normalized spacial score (nSPS) is 10.9. The number of amides is 1. The van der Waals surface area contributed by atoms with Crippen LogP contribution in [0.1, 0.15) is 35.8 Å². The molecule has 1 aromatic carbocycles. The summed E-state index contributed by atoms with van der Waals surface area (Å²) in [6, 6.07) is 2.87. The van der Waals surface area contributed by atoms with Crippen molar-refractivity contribution in [2.75, 3.05) is 5.32 Å². The van der Waals surface area contributed by atoms with Gasteiger partial charge >= 0.3 is 0 Å². The van der Waals surface area contributed by atoms with Crippen LogP contribution in [-0.4, -0.2) is 16.1 Å². The lowest BCUT2D eigenvalue weighted by molar-refractivity contribution is 0.102. The number of nitrogens with one attached hydrogen (secondary N) is 2. The topological polar surface area (TPSA) is 57.8 Å². The molecule has 0 aliphatic carbocycles. The molecule has 0 bridgehead atoms. The highest BCUT2D eigenvalue weighted by molar-refractivity contribution is 6.03. The zero-order valence-electron chi connectivity index (χ0n) is 10.8. The molecule has 0 aliphatic rings. The van der Waals surface area contributed by atoms with Gasteiger partial charge in [0.05, 0.1) is 0 Å². The quantitative estimate of drug-likeness (QED) is 0.850. The minimum atomic E-state index is -1.61. The van der Waals surface area contributed by atoms with E-state index in [9.17, 15) is 18.0 Å². The Hall–Kier alpha value is -2.31. The highest BCUT2D eigenvalue weighted by Gasteiger charge is 2.16. The van der Waals surface area contributed by atoms with Crippen molar-refractivity contribution in [2.45, 2.75) is 19.8 Å². The Balaban J connectivity index is 2.19. The Kier molecular flexibility index (Phi) is 3.78. The number of benzene rings is 1. The van der Waals surface area contributed by atoms with Gasteiger partial charge in [-0.15, -0.1) is 0 Å². The fraction of sp³-hybridized carbons (Fsp3) is 0.231. The molecular weight excluding hydrogens is 271 g/mol. The Morgan fingerprint density at radius 2 is 1.80 bits per heavy atom. The number of aromatic amines is 1. The lowest BCUT2D eigenvalue weighted by Crippen LogP contribution is -2.13. The van der Waals surface area contributed by atoms with E-state index in [4.69, 9.17) is 0 Å². The van der Waals surface area contributed by atoms with Gasteiger partial charge in [-0.3, -0.25) is 9.89 Å². The molecule has 0 unspecified atom stereocenters. The molecule has 106 valence electrons. The predicted octanol–water partition coefficient (Wildman–Crippen LogP) is 3.20. The first-order chi connectivity index (χ1) is 9.38. The van der Waals surface area contributed by atoms with E-state index in [0.717, 1.165) is 5.69 Å². The minimum absolute atomic E-state index is 0.189. The Labute approximate surface area is 113 Å². The third kappa shape index (κ3) is 2.81. The van der Waals surface area contributed by atoms with Crippen LogP contribution < -0.4 is 5.32 Å². The summed E-state index contributed by atoms with van der Waals surface area (Å²) in [6.45, 7) is 3.87. The molecule has 0 saturated carbocycles. The number of carbonyl (C=O) groups is 1. The van der Waals surface area contributed by atoms with E-state index in [0.29, 0.717) is 12.1 Å². The summed E-state index contributed by atoms with van der Waals surface area (Å²) in [5.41, 5.74) is 0.479. The number of aromatic nitrogens is 2. The summed E-state index contributed by atoms with van der Waals surface area (Å²) in [7, 11) is 0. The van der Waals surface area contributed by atoms with Gasteiger partial charge in [-0.25, -0.2) is 13.2 Å². The van der Waals surface area contributed by atoms with Gasteiger partial charge in [-0.2, -0.15) is 5.10 Å². The number of carbonyl (C=O) groups excluding carboxylic acids is 1. The van der Waals surface area contributed by atoms with E-state index in [1.165, 1.54) is 0 Å². The summed E-state index contributed by atoms with van der Waals surface area (Å²) in [5, 5.41) is 8.94. The Bertz CT molecular complexity index is 629. The molecular formula is C13H12F3N3O. The fourth-order valence-electron chi connectivity index (χ4n) is 1.57. The Morgan fingerprint density at radius 3 is 2.30 bits per heavy atom. The van der Waals surface area contributed by atoms with Crippen molar-refractivity contribution in [3.8, 4) is 0 Å². The van der Waals surface area contributed by atoms with Gasteiger partial charge in [0.15, 0.2) is 23.3 Å². The fourth-order valence-corrected chi connectivity index (χ4v) is 1.57. The van der Waals surface area contributed by atoms with E-state index in [1.807, 2.05) is 13.8 Å². The largest absolute Gasteiger partial charge is 0.305 e. The summed E-state index contributed by atoms with van der Waals surface area (Å²) < 4.78 is 38.9. The summed E-state index contributed by atoms with van der Waals surface area (Å²) in [5.74, 6) is -4.80. The van der Waals surface area contributed by atoms with Crippen LogP contribution in [0.3, 0.4) is 0 Å². The first-order valence-electron chi connectivity index (χ1n) is 5.89. The van der Waals surface area contributed by atoms with Crippen LogP contribution in [0.4, 0.5) is 19.0 Å². The molecule has 4 nitrogen and oxygen atoms in total. The zero-order valence-corrected chi connectivity index (χ0v) is 10.8. The van der Waals surface area contributed by atoms with Gasteiger partial charge in [-0.1, -0.05) is 13.8 Å². The zero-order chi connectivity index (χ0) is 14.9. The van der Waals surface area contributed by atoms with Crippen molar-refractivity contribution < 1.29 is 18.0 Å². The molecule has 1 aromatic heterocycles. The SMILES string of the molecule is CC(C)c1cc(NC(=O)c2cc(F)c(F)c(F)c2)n[nH]1. The molecule has 20 heavy (non-hydrogen) atoms. The number of hydrogen-bond donors (Lipinski definition) is 2. The molecule has 1 amide bonds. The summed E-state index contributed by atoms with van der Waals surface area (Å²) in [4.78, 5) is 11.8. The van der Waals surface area contributed by atoms with Crippen LogP contribution >= 0.6 is 0 Å². The van der Waals surface area contributed by atoms with Gasteiger partial charge < -0.3 is 5.32 Å². The molecule has 0 fully saturated rings. The summed E-state index contributed by atoms with van der Waals surface area (Å²) in [6.07, 6.45) is 0. The van der Waals surface area contributed by atoms with Crippen LogP contribution in [0.15, 0.2) is 18.2 Å². The molecule has 0 atom stereocenters.